The molecule has 1 aliphatic heterocycles. The predicted octanol–water partition coefficient (Wildman–Crippen LogP) is 3.00. The van der Waals surface area contributed by atoms with Crippen LogP contribution in [0.1, 0.15) is 13.8 Å². The van der Waals surface area contributed by atoms with E-state index in [0.29, 0.717) is 37.7 Å². The second-order valence-electron chi connectivity index (χ2n) is 5.04. The number of halogens is 1. The molecular formula is C16H21FN4O3. The number of aryl methyl sites for hydroxylation is 1. The Kier molecular flexibility index (Phi) is 5.86. The van der Waals surface area contributed by atoms with Crippen molar-refractivity contribution >= 4 is 11.4 Å². The maximum absolute atomic E-state index is 14.3. The maximum Gasteiger partial charge on any atom is 0.327 e. The molecule has 0 amide bonds. The van der Waals surface area contributed by atoms with Gasteiger partial charge in [-0.15, -0.1) is 0 Å². The van der Waals surface area contributed by atoms with Gasteiger partial charge in [-0.3, -0.25) is 10.1 Å². The minimum absolute atomic E-state index is 0.270. The third-order valence-electron chi connectivity index (χ3n) is 3.66. The van der Waals surface area contributed by atoms with E-state index in [4.69, 9.17) is 4.74 Å². The first-order valence-corrected chi connectivity index (χ1v) is 7.86. The van der Waals surface area contributed by atoms with Crippen LogP contribution in [0.4, 0.5) is 15.8 Å². The van der Waals surface area contributed by atoms with Crippen LogP contribution in [0.25, 0.3) is 11.4 Å². The molecule has 1 aromatic heterocycles. The van der Waals surface area contributed by atoms with Crippen molar-refractivity contribution in [2.45, 2.75) is 13.8 Å². The van der Waals surface area contributed by atoms with E-state index in [-0.39, 0.29) is 5.69 Å². The van der Waals surface area contributed by atoms with Crippen LogP contribution < -0.4 is 4.90 Å². The third kappa shape index (κ3) is 3.53. The molecule has 1 fully saturated rings. The summed E-state index contributed by atoms with van der Waals surface area (Å²) in [6, 6.07) is 2.78. The molecule has 1 saturated heterocycles. The number of ether oxygens (including phenoxy) is 1. The highest BCUT2D eigenvalue weighted by atomic mass is 19.1. The zero-order valence-corrected chi connectivity index (χ0v) is 14.0. The number of nitrogens with zero attached hydrogens (tertiary/aromatic N) is 4. The van der Waals surface area contributed by atoms with Crippen LogP contribution in [-0.4, -0.2) is 40.8 Å². The molecule has 2 heterocycles. The SMILES string of the molecule is CC.Cn1ccnc1-c1cc(F)c([N+](=O)[O-])c(N2CCOCC2)c1. The molecular weight excluding hydrogens is 315 g/mol. The highest BCUT2D eigenvalue weighted by Crippen LogP contribution is 2.35. The molecule has 0 unspecified atom stereocenters. The van der Waals surface area contributed by atoms with Gasteiger partial charge in [0.2, 0.25) is 5.82 Å². The van der Waals surface area contributed by atoms with E-state index in [1.54, 1.807) is 35.0 Å². The minimum atomic E-state index is -0.855. The molecule has 24 heavy (non-hydrogen) atoms. The number of imidazole rings is 1. The third-order valence-corrected chi connectivity index (χ3v) is 3.66. The van der Waals surface area contributed by atoms with Crippen LogP contribution in [0.15, 0.2) is 24.5 Å². The molecule has 2 aromatic rings. The molecule has 1 aliphatic rings. The Morgan fingerprint density at radius 1 is 1.29 bits per heavy atom. The lowest BCUT2D eigenvalue weighted by molar-refractivity contribution is -0.386. The van der Waals surface area contributed by atoms with E-state index in [1.807, 2.05) is 13.8 Å². The monoisotopic (exact) mass is 336 g/mol. The summed E-state index contributed by atoms with van der Waals surface area (Å²) in [5.74, 6) is -0.296. The molecule has 3 rings (SSSR count). The highest BCUT2D eigenvalue weighted by Gasteiger charge is 2.27. The zero-order valence-electron chi connectivity index (χ0n) is 14.0. The van der Waals surface area contributed by atoms with Crippen LogP contribution in [0.5, 0.6) is 0 Å². The van der Waals surface area contributed by atoms with E-state index >= 15 is 0 Å². The Labute approximate surface area is 139 Å². The predicted molar refractivity (Wildman–Crippen MR) is 89.6 cm³/mol. The van der Waals surface area contributed by atoms with E-state index in [1.165, 1.54) is 0 Å². The first-order chi connectivity index (χ1) is 11.6. The van der Waals surface area contributed by atoms with E-state index in [2.05, 4.69) is 4.98 Å². The van der Waals surface area contributed by atoms with Crippen molar-refractivity contribution in [3.8, 4) is 11.4 Å². The molecule has 0 atom stereocenters. The smallest absolute Gasteiger partial charge is 0.327 e. The Balaban J connectivity index is 0.00000100. The Bertz CT molecular complexity index is 711. The summed E-state index contributed by atoms with van der Waals surface area (Å²) in [6.07, 6.45) is 3.34. The number of rotatable bonds is 3. The number of nitro groups is 1. The van der Waals surface area contributed by atoms with Gasteiger partial charge in [-0.25, -0.2) is 4.98 Å². The van der Waals surface area contributed by atoms with Gasteiger partial charge < -0.3 is 14.2 Å². The average molecular weight is 336 g/mol. The van der Waals surface area contributed by atoms with Gasteiger partial charge in [-0.05, 0) is 12.1 Å². The molecule has 8 heteroatoms. The fourth-order valence-corrected chi connectivity index (χ4v) is 2.58. The number of anilines is 1. The van der Waals surface area contributed by atoms with E-state index in [0.717, 1.165) is 6.07 Å². The molecule has 0 spiro atoms. The number of benzene rings is 1. The van der Waals surface area contributed by atoms with Crippen LogP contribution in [0.3, 0.4) is 0 Å². The second kappa shape index (κ2) is 7.87. The van der Waals surface area contributed by atoms with Crippen molar-refractivity contribution in [1.29, 1.82) is 0 Å². The summed E-state index contributed by atoms with van der Waals surface area (Å²) in [4.78, 5) is 16.5. The fraction of sp³-hybridized carbons (Fsp3) is 0.438. The van der Waals surface area contributed by atoms with Crippen LogP contribution in [0.2, 0.25) is 0 Å². The van der Waals surface area contributed by atoms with Gasteiger partial charge >= 0.3 is 5.69 Å². The van der Waals surface area contributed by atoms with Crippen molar-refractivity contribution in [3.05, 3.63) is 40.5 Å². The van der Waals surface area contributed by atoms with Gasteiger partial charge in [0.05, 0.1) is 18.1 Å². The fourth-order valence-electron chi connectivity index (χ4n) is 2.58. The van der Waals surface area contributed by atoms with E-state index < -0.39 is 16.4 Å². The summed E-state index contributed by atoms with van der Waals surface area (Å²) in [6.45, 7) is 5.91. The van der Waals surface area contributed by atoms with Crippen molar-refractivity contribution in [2.75, 3.05) is 31.2 Å². The number of aromatic nitrogens is 2. The largest absolute Gasteiger partial charge is 0.378 e. The summed E-state index contributed by atoms with van der Waals surface area (Å²) in [7, 11) is 1.79. The van der Waals surface area contributed by atoms with Gasteiger partial charge in [0, 0.05) is 38.1 Å². The van der Waals surface area contributed by atoms with Gasteiger partial charge in [-0.2, -0.15) is 4.39 Å². The Hall–Kier alpha value is -2.48. The Morgan fingerprint density at radius 3 is 2.50 bits per heavy atom. The summed E-state index contributed by atoms with van der Waals surface area (Å²) in [5, 5.41) is 11.2. The average Bonchev–Trinajstić information content (AvgIpc) is 3.02. The number of nitro benzene ring substituents is 1. The lowest BCUT2D eigenvalue weighted by atomic mass is 10.1. The van der Waals surface area contributed by atoms with Gasteiger partial charge in [0.1, 0.15) is 11.5 Å². The lowest BCUT2D eigenvalue weighted by Gasteiger charge is -2.28. The normalized spacial score (nSPS) is 14.1. The van der Waals surface area contributed by atoms with E-state index in [9.17, 15) is 14.5 Å². The number of hydrogen-bond acceptors (Lipinski definition) is 5. The standard InChI is InChI=1S/C14H15FN4O3.C2H6/c1-17-3-2-16-14(17)10-8-11(15)13(19(20)21)12(9-10)18-4-6-22-7-5-18;1-2/h2-3,8-9H,4-7H2,1H3;1-2H3. The highest BCUT2D eigenvalue weighted by molar-refractivity contribution is 5.73. The minimum Gasteiger partial charge on any atom is -0.378 e. The van der Waals surface area contributed by atoms with Crippen molar-refractivity contribution in [1.82, 2.24) is 9.55 Å². The van der Waals surface area contributed by atoms with Crippen LogP contribution >= 0.6 is 0 Å². The molecule has 0 radical (unpaired) electrons. The summed E-state index contributed by atoms with van der Waals surface area (Å²) >= 11 is 0. The van der Waals surface area contributed by atoms with Crippen LogP contribution in [-0.2, 0) is 11.8 Å². The molecule has 7 nitrogen and oxygen atoms in total. The first kappa shape index (κ1) is 17.9. The van der Waals surface area contributed by atoms with Gasteiger partial charge in [-0.1, -0.05) is 13.8 Å². The quantitative estimate of drug-likeness (QED) is 0.636. The molecule has 0 N–H and O–H groups in total. The lowest BCUT2D eigenvalue weighted by Crippen LogP contribution is -2.36. The molecule has 0 aliphatic carbocycles. The molecule has 0 bridgehead atoms. The van der Waals surface area contributed by atoms with Crippen molar-refractivity contribution in [3.63, 3.8) is 0 Å². The number of morpholine rings is 1. The number of hydrogen-bond donors (Lipinski definition) is 0. The first-order valence-electron chi connectivity index (χ1n) is 7.86. The van der Waals surface area contributed by atoms with Crippen LogP contribution in [0, 0.1) is 15.9 Å². The van der Waals surface area contributed by atoms with Crippen molar-refractivity contribution in [2.24, 2.45) is 7.05 Å². The molecule has 1 aromatic carbocycles. The van der Waals surface area contributed by atoms with Crippen molar-refractivity contribution < 1.29 is 14.1 Å². The zero-order chi connectivity index (χ0) is 17.7. The van der Waals surface area contributed by atoms with Gasteiger partial charge in [0.15, 0.2) is 0 Å². The molecule has 130 valence electrons. The van der Waals surface area contributed by atoms with Gasteiger partial charge in [0.25, 0.3) is 0 Å². The Morgan fingerprint density at radius 2 is 1.96 bits per heavy atom. The topological polar surface area (TPSA) is 73.4 Å². The second-order valence-corrected chi connectivity index (χ2v) is 5.04. The summed E-state index contributed by atoms with van der Waals surface area (Å²) < 4.78 is 21.3. The molecule has 0 saturated carbocycles. The summed E-state index contributed by atoms with van der Waals surface area (Å²) in [5.41, 5.74) is 0.281. The maximum atomic E-state index is 14.3.